The van der Waals surface area contributed by atoms with Gasteiger partial charge in [0, 0.05) is 32.4 Å². The zero-order valence-electron chi connectivity index (χ0n) is 19.9. The second kappa shape index (κ2) is 12.0. The fourth-order valence-corrected chi connectivity index (χ4v) is 5.90. The van der Waals surface area contributed by atoms with E-state index in [4.69, 9.17) is 0 Å². The Labute approximate surface area is 218 Å². The average molecular weight is 558 g/mol. The van der Waals surface area contributed by atoms with E-state index >= 15 is 0 Å². The Kier molecular flexibility index (Phi) is 8.74. The van der Waals surface area contributed by atoms with Gasteiger partial charge in [-0.1, -0.05) is 53.4 Å². The van der Waals surface area contributed by atoms with Crippen LogP contribution in [0.2, 0.25) is 0 Å². The molecule has 0 radical (unpaired) electrons. The number of rotatable bonds is 8. The van der Waals surface area contributed by atoms with Crippen molar-refractivity contribution in [1.29, 1.82) is 0 Å². The third-order valence-electron chi connectivity index (χ3n) is 6.44. The van der Waals surface area contributed by atoms with E-state index in [-0.39, 0.29) is 30.2 Å². The molecule has 4 nitrogen and oxygen atoms in total. The summed E-state index contributed by atoms with van der Waals surface area (Å²) in [5, 5.41) is 0. The van der Waals surface area contributed by atoms with Crippen molar-refractivity contribution in [3.05, 3.63) is 91.8 Å². The molecule has 1 saturated carbocycles. The number of thiophene rings is 1. The maximum absolute atomic E-state index is 13.7. The minimum atomic E-state index is -0.302. The molecule has 0 atom stereocenters. The number of amides is 2. The molecule has 0 bridgehead atoms. The SMILES string of the molecule is Cc1ccc(CN(Cc2ccc(F)cc2)C(=O)CN(C(=O)c2cccc(Br)c2)C2CCCCC2)s1. The summed E-state index contributed by atoms with van der Waals surface area (Å²) in [5.41, 5.74) is 1.44. The van der Waals surface area contributed by atoms with Crippen molar-refractivity contribution in [2.75, 3.05) is 6.54 Å². The monoisotopic (exact) mass is 556 g/mol. The summed E-state index contributed by atoms with van der Waals surface area (Å²) in [4.78, 5) is 33.2. The van der Waals surface area contributed by atoms with Crippen molar-refractivity contribution in [3.63, 3.8) is 0 Å². The molecule has 35 heavy (non-hydrogen) atoms. The lowest BCUT2D eigenvalue weighted by Gasteiger charge is -2.35. The van der Waals surface area contributed by atoms with Crippen molar-refractivity contribution in [2.24, 2.45) is 0 Å². The maximum atomic E-state index is 13.7. The van der Waals surface area contributed by atoms with Gasteiger partial charge in [-0.2, -0.15) is 0 Å². The molecule has 1 aromatic heterocycles. The number of nitrogens with zero attached hydrogens (tertiary/aromatic N) is 2. The van der Waals surface area contributed by atoms with Crippen LogP contribution in [0.5, 0.6) is 0 Å². The number of benzene rings is 2. The van der Waals surface area contributed by atoms with Gasteiger partial charge in [-0.15, -0.1) is 11.3 Å². The molecule has 184 valence electrons. The van der Waals surface area contributed by atoms with Gasteiger partial charge in [0.15, 0.2) is 0 Å². The fraction of sp³-hybridized carbons (Fsp3) is 0.357. The van der Waals surface area contributed by atoms with E-state index in [0.717, 1.165) is 47.0 Å². The Hall–Kier alpha value is -2.51. The highest BCUT2D eigenvalue weighted by molar-refractivity contribution is 9.10. The summed E-state index contributed by atoms with van der Waals surface area (Å²) in [6.07, 6.45) is 5.12. The number of carbonyl (C=O) groups excluding carboxylic acids is 2. The van der Waals surface area contributed by atoms with E-state index in [1.165, 1.54) is 17.0 Å². The molecular weight excluding hydrogens is 527 g/mol. The predicted molar refractivity (Wildman–Crippen MR) is 142 cm³/mol. The van der Waals surface area contributed by atoms with Gasteiger partial charge < -0.3 is 9.80 Å². The zero-order valence-corrected chi connectivity index (χ0v) is 22.3. The molecule has 1 aliphatic carbocycles. The Morgan fingerprint density at radius 2 is 1.74 bits per heavy atom. The van der Waals surface area contributed by atoms with Crippen LogP contribution in [0.3, 0.4) is 0 Å². The second-order valence-corrected chi connectivity index (χ2v) is 11.4. The van der Waals surface area contributed by atoms with E-state index in [2.05, 4.69) is 15.9 Å². The number of carbonyl (C=O) groups is 2. The lowest BCUT2D eigenvalue weighted by Crippen LogP contribution is -2.48. The Morgan fingerprint density at radius 1 is 1.00 bits per heavy atom. The van der Waals surface area contributed by atoms with E-state index in [9.17, 15) is 14.0 Å². The standard InChI is InChI=1S/C28H30BrFN2O2S/c1-20-10-15-26(35-20)18-31(17-21-11-13-24(30)14-12-21)27(33)19-32(25-8-3-2-4-9-25)28(34)22-6-5-7-23(29)16-22/h5-7,10-16,25H,2-4,8-9,17-19H2,1H3. The van der Waals surface area contributed by atoms with Crippen LogP contribution >= 0.6 is 27.3 Å². The molecule has 0 N–H and O–H groups in total. The molecule has 4 rings (SSSR count). The Bertz CT molecular complexity index is 1160. The number of hydrogen-bond acceptors (Lipinski definition) is 3. The average Bonchev–Trinajstić information content (AvgIpc) is 3.28. The van der Waals surface area contributed by atoms with Crippen LogP contribution in [-0.2, 0) is 17.9 Å². The van der Waals surface area contributed by atoms with Crippen LogP contribution in [0.15, 0.2) is 65.1 Å². The van der Waals surface area contributed by atoms with Crippen molar-refractivity contribution < 1.29 is 14.0 Å². The topological polar surface area (TPSA) is 40.6 Å². The molecule has 3 aromatic rings. The quantitative estimate of drug-likeness (QED) is 0.301. The zero-order chi connectivity index (χ0) is 24.8. The molecule has 1 fully saturated rings. The fourth-order valence-electron chi connectivity index (χ4n) is 4.59. The van der Waals surface area contributed by atoms with Gasteiger partial charge in [-0.05, 0) is 67.8 Å². The molecule has 1 aliphatic rings. The first kappa shape index (κ1) is 25.6. The molecule has 0 unspecified atom stereocenters. The van der Waals surface area contributed by atoms with E-state index < -0.39 is 0 Å². The van der Waals surface area contributed by atoms with Crippen LogP contribution < -0.4 is 0 Å². The van der Waals surface area contributed by atoms with Crippen molar-refractivity contribution >= 4 is 39.1 Å². The third-order valence-corrected chi connectivity index (χ3v) is 7.91. The van der Waals surface area contributed by atoms with E-state index in [1.807, 2.05) is 37.3 Å². The number of hydrogen-bond donors (Lipinski definition) is 0. The van der Waals surface area contributed by atoms with Gasteiger partial charge >= 0.3 is 0 Å². The highest BCUT2D eigenvalue weighted by atomic mass is 79.9. The van der Waals surface area contributed by atoms with Crippen LogP contribution in [0.1, 0.15) is 57.8 Å². The van der Waals surface area contributed by atoms with Crippen molar-refractivity contribution in [3.8, 4) is 0 Å². The number of halogens is 2. The lowest BCUT2D eigenvalue weighted by atomic mass is 9.93. The highest BCUT2D eigenvalue weighted by Crippen LogP contribution is 2.26. The van der Waals surface area contributed by atoms with Gasteiger partial charge in [-0.3, -0.25) is 9.59 Å². The van der Waals surface area contributed by atoms with Gasteiger partial charge in [0.2, 0.25) is 5.91 Å². The summed E-state index contributed by atoms with van der Waals surface area (Å²) in [6, 6.07) is 17.7. The first-order valence-electron chi connectivity index (χ1n) is 12.0. The summed E-state index contributed by atoms with van der Waals surface area (Å²) < 4.78 is 14.3. The highest BCUT2D eigenvalue weighted by Gasteiger charge is 2.30. The van der Waals surface area contributed by atoms with Crippen LogP contribution in [0.4, 0.5) is 4.39 Å². The van der Waals surface area contributed by atoms with Gasteiger partial charge in [0.1, 0.15) is 12.4 Å². The molecule has 0 saturated heterocycles. The molecule has 2 aromatic carbocycles. The van der Waals surface area contributed by atoms with Crippen LogP contribution in [0, 0.1) is 12.7 Å². The van der Waals surface area contributed by atoms with Gasteiger partial charge in [0.25, 0.3) is 5.91 Å². The molecule has 7 heteroatoms. The summed E-state index contributed by atoms with van der Waals surface area (Å²) in [7, 11) is 0. The molecule has 1 heterocycles. The maximum Gasteiger partial charge on any atom is 0.254 e. The summed E-state index contributed by atoms with van der Waals surface area (Å²) >= 11 is 5.12. The van der Waals surface area contributed by atoms with Gasteiger partial charge in [-0.25, -0.2) is 4.39 Å². The molecular formula is C28H30BrFN2O2S. The van der Waals surface area contributed by atoms with Crippen molar-refractivity contribution in [2.45, 2.75) is 58.2 Å². The minimum Gasteiger partial charge on any atom is -0.332 e. The smallest absolute Gasteiger partial charge is 0.254 e. The lowest BCUT2D eigenvalue weighted by molar-refractivity contribution is -0.133. The normalized spacial score (nSPS) is 14.0. The predicted octanol–water partition coefficient (Wildman–Crippen LogP) is 6.96. The first-order valence-corrected chi connectivity index (χ1v) is 13.6. The van der Waals surface area contributed by atoms with Gasteiger partial charge in [0.05, 0.1) is 6.54 Å². The molecule has 0 spiro atoms. The van der Waals surface area contributed by atoms with E-state index in [1.54, 1.807) is 39.3 Å². The third kappa shape index (κ3) is 7.01. The Morgan fingerprint density at radius 3 is 2.40 bits per heavy atom. The minimum absolute atomic E-state index is 0.0293. The second-order valence-electron chi connectivity index (χ2n) is 9.12. The summed E-state index contributed by atoms with van der Waals surface area (Å²) in [6.45, 7) is 2.89. The van der Waals surface area contributed by atoms with Crippen molar-refractivity contribution in [1.82, 2.24) is 9.80 Å². The number of aryl methyl sites for hydroxylation is 1. The molecule has 2 amide bonds. The first-order chi connectivity index (χ1) is 16.9. The largest absolute Gasteiger partial charge is 0.332 e. The van der Waals surface area contributed by atoms with Crippen LogP contribution in [0.25, 0.3) is 0 Å². The Balaban J connectivity index is 1.58. The summed E-state index contributed by atoms with van der Waals surface area (Å²) in [5.74, 6) is -0.516. The van der Waals surface area contributed by atoms with E-state index in [0.29, 0.717) is 18.7 Å². The molecule has 0 aliphatic heterocycles. The van der Waals surface area contributed by atoms with Crippen LogP contribution in [-0.4, -0.2) is 34.2 Å².